The summed E-state index contributed by atoms with van der Waals surface area (Å²) in [6.07, 6.45) is 4.78. The number of hydrogen-bond donors (Lipinski definition) is 2. The Morgan fingerprint density at radius 3 is 2.50 bits per heavy atom. The molecule has 120 valence electrons. The van der Waals surface area contributed by atoms with E-state index in [2.05, 4.69) is 36.5 Å². The lowest BCUT2D eigenvalue weighted by atomic mass is 10.0. The normalized spacial score (nSPS) is 18.8. The van der Waals surface area contributed by atoms with Crippen LogP contribution in [-0.2, 0) is 0 Å². The number of urea groups is 1. The summed E-state index contributed by atoms with van der Waals surface area (Å²) in [6, 6.07) is 8.53. The summed E-state index contributed by atoms with van der Waals surface area (Å²) < 4.78 is 0. The van der Waals surface area contributed by atoms with Gasteiger partial charge in [-0.3, -0.25) is 0 Å². The van der Waals surface area contributed by atoms with Gasteiger partial charge in [0.15, 0.2) is 0 Å². The van der Waals surface area contributed by atoms with Crippen LogP contribution in [0.4, 0.5) is 4.79 Å². The average molecular weight is 302 g/mol. The topological polar surface area (TPSA) is 52.6 Å². The molecule has 2 N–H and O–H groups in total. The molecule has 1 aromatic rings. The van der Waals surface area contributed by atoms with Gasteiger partial charge in [0, 0.05) is 13.1 Å². The molecule has 3 rings (SSSR count). The molecule has 2 saturated carbocycles. The quantitative estimate of drug-likeness (QED) is 0.814. The lowest BCUT2D eigenvalue weighted by Crippen LogP contribution is -2.44. The molecular formula is C18H26N2O2. The second kappa shape index (κ2) is 6.69. The molecule has 0 bridgehead atoms. The molecule has 2 aliphatic carbocycles. The lowest BCUT2D eigenvalue weighted by molar-refractivity contribution is 0.170. The highest BCUT2D eigenvalue weighted by atomic mass is 16.3. The molecule has 2 fully saturated rings. The SMILES string of the molecule is Cc1ccc([C@@H](NC(=O)N(CCO)CC2CC2)C2CC2)cc1. The zero-order valence-electron chi connectivity index (χ0n) is 13.3. The minimum atomic E-state index is -0.0292. The van der Waals surface area contributed by atoms with Crippen molar-refractivity contribution in [2.75, 3.05) is 19.7 Å². The highest BCUT2D eigenvalue weighted by Gasteiger charge is 2.35. The van der Waals surface area contributed by atoms with Gasteiger partial charge >= 0.3 is 6.03 Å². The first-order chi connectivity index (χ1) is 10.7. The van der Waals surface area contributed by atoms with Gasteiger partial charge in [-0.25, -0.2) is 4.79 Å². The van der Waals surface area contributed by atoms with E-state index in [9.17, 15) is 9.90 Å². The number of hydrogen-bond acceptors (Lipinski definition) is 2. The monoisotopic (exact) mass is 302 g/mol. The molecular weight excluding hydrogens is 276 g/mol. The Morgan fingerprint density at radius 2 is 1.95 bits per heavy atom. The number of rotatable bonds is 7. The van der Waals surface area contributed by atoms with E-state index in [1.807, 2.05) is 0 Å². The average Bonchev–Trinajstić information content (AvgIpc) is 3.38. The molecule has 4 nitrogen and oxygen atoms in total. The van der Waals surface area contributed by atoms with Crippen LogP contribution < -0.4 is 5.32 Å². The van der Waals surface area contributed by atoms with Crippen molar-refractivity contribution >= 4 is 6.03 Å². The number of carbonyl (C=O) groups is 1. The summed E-state index contributed by atoms with van der Waals surface area (Å²) in [5, 5.41) is 12.4. The van der Waals surface area contributed by atoms with Crippen LogP contribution in [0.2, 0.25) is 0 Å². The molecule has 4 heteroatoms. The molecule has 0 saturated heterocycles. The van der Waals surface area contributed by atoms with Crippen molar-refractivity contribution in [3.05, 3.63) is 35.4 Å². The van der Waals surface area contributed by atoms with Gasteiger partial charge in [-0.15, -0.1) is 0 Å². The molecule has 0 radical (unpaired) electrons. The summed E-state index contributed by atoms with van der Waals surface area (Å²) in [5.41, 5.74) is 2.43. The van der Waals surface area contributed by atoms with Gasteiger partial charge in [-0.05, 0) is 50.0 Å². The van der Waals surface area contributed by atoms with E-state index in [4.69, 9.17) is 0 Å². The summed E-state index contributed by atoms with van der Waals surface area (Å²) in [6.45, 7) is 3.30. The summed E-state index contributed by atoms with van der Waals surface area (Å²) in [4.78, 5) is 14.4. The van der Waals surface area contributed by atoms with E-state index in [1.165, 1.54) is 36.8 Å². The van der Waals surface area contributed by atoms with Crippen molar-refractivity contribution in [3.8, 4) is 0 Å². The van der Waals surface area contributed by atoms with Gasteiger partial charge in [0.2, 0.25) is 0 Å². The largest absolute Gasteiger partial charge is 0.395 e. The van der Waals surface area contributed by atoms with Gasteiger partial charge in [0.1, 0.15) is 0 Å². The van der Waals surface area contributed by atoms with Crippen LogP contribution in [0.3, 0.4) is 0 Å². The number of nitrogens with one attached hydrogen (secondary N) is 1. The predicted molar refractivity (Wildman–Crippen MR) is 86.6 cm³/mol. The van der Waals surface area contributed by atoms with Crippen LogP contribution in [0.15, 0.2) is 24.3 Å². The van der Waals surface area contributed by atoms with E-state index in [-0.39, 0.29) is 18.7 Å². The molecule has 0 aliphatic heterocycles. The van der Waals surface area contributed by atoms with Crippen molar-refractivity contribution in [1.29, 1.82) is 0 Å². The van der Waals surface area contributed by atoms with Crippen LogP contribution in [0, 0.1) is 18.8 Å². The Morgan fingerprint density at radius 1 is 1.27 bits per heavy atom. The first kappa shape index (κ1) is 15.3. The second-order valence-corrected chi connectivity index (χ2v) is 6.79. The van der Waals surface area contributed by atoms with Crippen LogP contribution in [0.1, 0.15) is 42.9 Å². The number of aryl methyl sites for hydroxylation is 1. The van der Waals surface area contributed by atoms with Gasteiger partial charge in [-0.1, -0.05) is 29.8 Å². The maximum atomic E-state index is 12.6. The third-order valence-electron chi connectivity index (χ3n) is 4.64. The van der Waals surface area contributed by atoms with Crippen molar-refractivity contribution in [2.24, 2.45) is 11.8 Å². The van der Waals surface area contributed by atoms with Crippen LogP contribution in [0.25, 0.3) is 0 Å². The molecule has 2 amide bonds. The Bertz CT molecular complexity index is 506. The number of benzene rings is 1. The first-order valence-corrected chi connectivity index (χ1v) is 8.40. The van der Waals surface area contributed by atoms with Crippen LogP contribution in [0.5, 0.6) is 0 Å². The highest BCUT2D eigenvalue weighted by molar-refractivity contribution is 5.75. The number of nitrogens with zero attached hydrogens (tertiary/aromatic N) is 1. The number of aliphatic hydroxyl groups excluding tert-OH is 1. The van der Waals surface area contributed by atoms with E-state index < -0.39 is 0 Å². The third kappa shape index (κ3) is 4.01. The summed E-state index contributed by atoms with van der Waals surface area (Å²) in [5.74, 6) is 1.19. The van der Waals surface area contributed by atoms with Crippen molar-refractivity contribution in [2.45, 2.75) is 38.6 Å². The molecule has 1 aromatic carbocycles. The van der Waals surface area contributed by atoms with Crippen molar-refractivity contribution in [3.63, 3.8) is 0 Å². The number of amides is 2. The van der Waals surface area contributed by atoms with Gasteiger partial charge in [0.05, 0.1) is 12.6 Å². The zero-order chi connectivity index (χ0) is 15.5. The van der Waals surface area contributed by atoms with Gasteiger partial charge < -0.3 is 15.3 Å². The van der Waals surface area contributed by atoms with Crippen molar-refractivity contribution in [1.82, 2.24) is 10.2 Å². The third-order valence-corrected chi connectivity index (χ3v) is 4.64. The number of carbonyl (C=O) groups excluding carboxylic acids is 1. The second-order valence-electron chi connectivity index (χ2n) is 6.79. The Labute approximate surface area is 132 Å². The zero-order valence-corrected chi connectivity index (χ0v) is 13.3. The molecule has 0 unspecified atom stereocenters. The smallest absolute Gasteiger partial charge is 0.317 e. The fourth-order valence-electron chi connectivity index (χ4n) is 2.91. The molecule has 0 aromatic heterocycles. The lowest BCUT2D eigenvalue weighted by Gasteiger charge is -2.26. The molecule has 0 heterocycles. The van der Waals surface area contributed by atoms with Crippen molar-refractivity contribution < 1.29 is 9.90 Å². The molecule has 2 aliphatic rings. The van der Waals surface area contributed by atoms with Gasteiger partial charge in [0.25, 0.3) is 0 Å². The van der Waals surface area contributed by atoms with Gasteiger partial charge in [-0.2, -0.15) is 0 Å². The fraction of sp³-hybridized carbons (Fsp3) is 0.611. The minimum Gasteiger partial charge on any atom is -0.395 e. The van der Waals surface area contributed by atoms with E-state index in [0.29, 0.717) is 18.4 Å². The molecule has 0 spiro atoms. The predicted octanol–water partition coefficient (Wildman–Crippen LogP) is 2.86. The maximum absolute atomic E-state index is 12.6. The van der Waals surface area contributed by atoms with Crippen LogP contribution >= 0.6 is 0 Å². The molecule has 22 heavy (non-hydrogen) atoms. The number of aliphatic hydroxyl groups is 1. The van der Waals surface area contributed by atoms with Crippen LogP contribution in [-0.4, -0.2) is 35.7 Å². The minimum absolute atomic E-state index is 0.0266. The maximum Gasteiger partial charge on any atom is 0.317 e. The Hall–Kier alpha value is -1.55. The first-order valence-electron chi connectivity index (χ1n) is 8.40. The summed E-state index contributed by atoms with van der Waals surface area (Å²) in [7, 11) is 0. The standard InChI is InChI=1S/C18H26N2O2/c1-13-2-6-15(7-3-13)17(16-8-9-16)19-18(22)20(10-11-21)12-14-4-5-14/h2-3,6-7,14,16-17,21H,4-5,8-12H2,1H3,(H,19,22)/t17-/m1/s1. The Kier molecular flexibility index (Phi) is 4.67. The summed E-state index contributed by atoms with van der Waals surface area (Å²) >= 11 is 0. The molecule has 1 atom stereocenters. The fourth-order valence-corrected chi connectivity index (χ4v) is 2.91. The Balaban J connectivity index is 1.66. The van der Waals surface area contributed by atoms with E-state index >= 15 is 0 Å². The van der Waals surface area contributed by atoms with E-state index in [0.717, 1.165) is 6.54 Å². The van der Waals surface area contributed by atoms with E-state index in [1.54, 1.807) is 4.90 Å². The highest BCUT2D eigenvalue weighted by Crippen LogP contribution is 2.41.